The minimum absolute atomic E-state index is 0.225. The van der Waals surface area contributed by atoms with Crippen LogP contribution < -0.4 is 10.6 Å². The number of sulfonamides is 1. The van der Waals surface area contributed by atoms with Crippen molar-refractivity contribution < 1.29 is 13.2 Å². The number of rotatable bonds is 6. The molecule has 2 aromatic carbocycles. The molecule has 164 valence electrons. The van der Waals surface area contributed by atoms with Crippen molar-refractivity contribution in [1.82, 2.24) is 24.6 Å². The van der Waals surface area contributed by atoms with Crippen molar-refractivity contribution in [3.05, 3.63) is 47.0 Å². The zero-order valence-corrected chi connectivity index (χ0v) is 18.6. The summed E-state index contributed by atoms with van der Waals surface area (Å²) in [4.78, 5) is 12.3. The number of halogens is 1. The lowest BCUT2D eigenvalue weighted by molar-refractivity contribution is 0.251. The molecule has 2 amide bonds. The molecule has 0 aliphatic carbocycles. The van der Waals surface area contributed by atoms with Crippen molar-refractivity contribution in [2.24, 2.45) is 0 Å². The van der Waals surface area contributed by atoms with Gasteiger partial charge in [0.15, 0.2) is 0 Å². The molecule has 31 heavy (non-hydrogen) atoms. The minimum atomic E-state index is -3.50. The lowest BCUT2D eigenvalue weighted by Crippen LogP contribution is -2.31. The van der Waals surface area contributed by atoms with Gasteiger partial charge in [0, 0.05) is 30.3 Å². The lowest BCUT2D eigenvalue weighted by atomic mass is 10.2. The van der Waals surface area contributed by atoms with Gasteiger partial charge in [0.1, 0.15) is 5.52 Å². The van der Waals surface area contributed by atoms with Crippen LogP contribution in [0.2, 0.25) is 5.02 Å². The van der Waals surface area contributed by atoms with E-state index in [2.05, 4.69) is 20.9 Å². The van der Waals surface area contributed by atoms with Gasteiger partial charge in [-0.15, -0.1) is 5.10 Å². The first-order valence-electron chi connectivity index (χ1n) is 9.99. The highest BCUT2D eigenvalue weighted by Gasteiger charge is 2.27. The van der Waals surface area contributed by atoms with Gasteiger partial charge in [-0.1, -0.05) is 22.9 Å². The fraction of sp³-hybridized carbons (Fsp3) is 0.350. The van der Waals surface area contributed by atoms with E-state index in [-0.39, 0.29) is 10.9 Å². The maximum Gasteiger partial charge on any atom is 0.319 e. The van der Waals surface area contributed by atoms with Gasteiger partial charge >= 0.3 is 6.03 Å². The molecule has 1 aliphatic heterocycles. The first-order valence-corrected chi connectivity index (χ1v) is 11.8. The van der Waals surface area contributed by atoms with Gasteiger partial charge < -0.3 is 10.6 Å². The third kappa shape index (κ3) is 4.65. The molecule has 9 nitrogen and oxygen atoms in total. The van der Waals surface area contributed by atoms with Gasteiger partial charge in [-0.05, 0) is 55.7 Å². The summed E-state index contributed by atoms with van der Waals surface area (Å²) in [5.74, 6) is 0. The van der Waals surface area contributed by atoms with Crippen LogP contribution >= 0.6 is 11.6 Å². The molecule has 11 heteroatoms. The quantitative estimate of drug-likeness (QED) is 0.585. The molecule has 3 aromatic rings. The molecule has 0 spiro atoms. The zero-order chi connectivity index (χ0) is 22.0. The molecule has 1 saturated heterocycles. The SMILES string of the molecule is Cc1ccc(NC(=O)NCCn2nnc3cc(S(=O)(=O)N4CCCC4)ccc32)cc1Cl. The Bertz CT molecular complexity index is 1220. The Morgan fingerprint density at radius 2 is 1.94 bits per heavy atom. The van der Waals surface area contributed by atoms with Crippen LogP contribution in [0.4, 0.5) is 10.5 Å². The Labute approximate surface area is 185 Å². The van der Waals surface area contributed by atoms with E-state index in [1.54, 1.807) is 35.0 Å². The van der Waals surface area contributed by atoms with Gasteiger partial charge in [-0.25, -0.2) is 17.9 Å². The average Bonchev–Trinajstić information content (AvgIpc) is 3.41. The molecule has 4 rings (SSSR count). The predicted molar refractivity (Wildman–Crippen MR) is 119 cm³/mol. The number of carbonyl (C=O) groups is 1. The van der Waals surface area contributed by atoms with E-state index in [4.69, 9.17) is 11.6 Å². The Kier molecular flexibility index (Phi) is 6.12. The highest BCUT2D eigenvalue weighted by Crippen LogP contribution is 2.23. The number of nitrogens with zero attached hydrogens (tertiary/aromatic N) is 4. The number of anilines is 1. The lowest BCUT2D eigenvalue weighted by Gasteiger charge is -2.15. The summed E-state index contributed by atoms with van der Waals surface area (Å²) in [6.07, 6.45) is 1.77. The molecule has 0 unspecified atom stereocenters. The normalized spacial score (nSPS) is 14.8. The molecule has 0 saturated carbocycles. The van der Waals surface area contributed by atoms with Crippen LogP contribution in [0.1, 0.15) is 18.4 Å². The summed E-state index contributed by atoms with van der Waals surface area (Å²) < 4.78 is 28.6. The summed E-state index contributed by atoms with van der Waals surface area (Å²) in [7, 11) is -3.50. The highest BCUT2D eigenvalue weighted by atomic mass is 35.5. The van der Waals surface area contributed by atoms with E-state index in [1.165, 1.54) is 4.31 Å². The van der Waals surface area contributed by atoms with E-state index in [0.717, 1.165) is 18.4 Å². The molecule has 2 N–H and O–H groups in total. The fourth-order valence-electron chi connectivity index (χ4n) is 3.48. The molecule has 1 aliphatic rings. The standard InChI is InChI=1S/C20H23ClN6O3S/c1-14-4-5-15(12-17(14)21)23-20(28)22-8-11-27-19-7-6-16(13-18(19)24-25-27)31(29,30)26-9-2-3-10-26/h4-7,12-13H,2-3,8-11H2,1H3,(H2,22,23,28). The van der Waals surface area contributed by atoms with Gasteiger partial charge in [0.05, 0.1) is 17.0 Å². The summed E-state index contributed by atoms with van der Waals surface area (Å²) in [6, 6.07) is 9.77. The minimum Gasteiger partial charge on any atom is -0.336 e. The number of benzene rings is 2. The topological polar surface area (TPSA) is 109 Å². The van der Waals surface area contributed by atoms with Gasteiger partial charge in [-0.2, -0.15) is 4.31 Å². The third-order valence-electron chi connectivity index (χ3n) is 5.23. The number of aryl methyl sites for hydroxylation is 1. The van der Waals surface area contributed by atoms with Crippen molar-refractivity contribution in [3.63, 3.8) is 0 Å². The second-order valence-corrected chi connectivity index (χ2v) is 9.76. The van der Waals surface area contributed by atoms with E-state index in [1.807, 2.05) is 13.0 Å². The number of fused-ring (bicyclic) bond motifs is 1. The number of hydrogen-bond acceptors (Lipinski definition) is 5. The molecule has 0 atom stereocenters. The van der Waals surface area contributed by atoms with E-state index in [0.29, 0.717) is 47.9 Å². The van der Waals surface area contributed by atoms with Gasteiger partial charge in [0.2, 0.25) is 10.0 Å². The number of urea groups is 1. The van der Waals surface area contributed by atoms with Crippen molar-refractivity contribution in [2.75, 3.05) is 25.0 Å². The number of nitrogens with one attached hydrogen (secondary N) is 2. The number of carbonyl (C=O) groups excluding carboxylic acids is 1. The molecule has 2 heterocycles. The van der Waals surface area contributed by atoms with Crippen molar-refractivity contribution in [3.8, 4) is 0 Å². The Morgan fingerprint density at radius 3 is 2.68 bits per heavy atom. The fourth-order valence-corrected chi connectivity index (χ4v) is 5.19. The van der Waals surface area contributed by atoms with Crippen molar-refractivity contribution in [2.45, 2.75) is 31.2 Å². The molecule has 1 fully saturated rings. The first-order chi connectivity index (χ1) is 14.8. The highest BCUT2D eigenvalue weighted by molar-refractivity contribution is 7.89. The van der Waals surface area contributed by atoms with Crippen LogP contribution in [-0.2, 0) is 16.6 Å². The second-order valence-electron chi connectivity index (χ2n) is 7.42. The van der Waals surface area contributed by atoms with Crippen molar-refractivity contribution in [1.29, 1.82) is 0 Å². The predicted octanol–water partition coefficient (Wildman–Crippen LogP) is 3.00. The average molecular weight is 463 g/mol. The Balaban J connectivity index is 1.38. The van der Waals surface area contributed by atoms with Crippen LogP contribution in [0.25, 0.3) is 11.0 Å². The molecule has 0 radical (unpaired) electrons. The molecular formula is C20H23ClN6O3S. The molecule has 0 bridgehead atoms. The Hall–Kier alpha value is -2.69. The van der Waals surface area contributed by atoms with E-state index < -0.39 is 10.0 Å². The maximum absolute atomic E-state index is 12.7. The summed E-state index contributed by atoms with van der Waals surface area (Å²) in [5.41, 5.74) is 2.74. The smallest absolute Gasteiger partial charge is 0.319 e. The molecular weight excluding hydrogens is 440 g/mol. The summed E-state index contributed by atoms with van der Waals surface area (Å²) in [5, 5.41) is 14.2. The monoisotopic (exact) mass is 462 g/mol. The van der Waals surface area contributed by atoms with Crippen LogP contribution in [0, 0.1) is 6.92 Å². The van der Waals surface area contributed by atoms with E-state index in [9.17, 15) is 13.2 Å². The second kappa shape index (κ2) is 8.81. The number of amides is 2. The van der Waals surface area contributed by atoms with Gasteiger partial charge in [0.25, 0.3) is 0 Å². The zero-order valence-electron chi connectivity index (χ0n) is 17.0. The van der Waals surface area contributed by atoms with Gasteiger partial charge in [-0.3, -0.25) is 0 Å². The molecule has 1 aromatic heterocycles. The first kappa shape index (κ1) is 21.5. The number of aromatic nitrogens is 3. The van der Waals surface area contributed by atoms with Crippen molar-refractivity contribution >= 4 is 44.4 Å². The largest absolute Gasteiger partial charge is 0.336 e. The third-order valence-corrected chi connectivity index (χ3v) is 7.53. The van der Waals surface area contributed by atoms with Crippen LogP contribution in [0.3, 0.4) is 0 Å². The van der Waals surface area contributed by atoms with Crippen LogP contribution in [-0.4, -0.2) is 53.4 Å². The van der Waals surface area contributed by atoms with E-state index >= 15 is 0 Å². The maximum atomic E-state index is 12.7. The van der Waals surface area contributed by atoms with Crippen LogP contribution in [0.15, 0.2) is 41.3 Å². The number of hydrogen-bond donors (Lipinski definition) is 2. The summed E-state index contributed by atoms with van der Waals surface area (Å²) >= 11 is 6.07. The van der Waals surface area contributed by atoms with Crippen LogP contribution in [0.5, 0.6) is 0 Å². The Morgan fingerprint density at radius 1 is 1.16 bits per heavy atom. The summed E-state index contributed by atoms with van der Waals surface area (Å²) in [6.45, 7) is 3.69.